The summed E-state index contributed by atoms with van der Waals surface area (Å²) in [6.45, 7) is 0.203. The van der Waals surface area contributed by atoms with Crippen LogP contribution in [0.1, 0.15) is 12.8 Å². The van der Waals surface area contributed by atoms with Crippen molar-refractivity contribution in [1.82, 2.24) is 9.29 Å². The second-order valence-corrected chi connectivity index (χ2v) is 9.87. The van der Waals surface area contributed by atoms with Gasteiger partial charge in [0.25, 0.3) is 0 Å². The second-order valence-electron chi connectivity index (χ2n) is 6.90. The van der Waals surface area contributed by atoms with Crippen molar-refractivity contribution in [3.8, 4) is 0 Å². The van der Waals surface area contributed by atoms with Gasteiger partial charge in [-0.05, 0) is 43.2 Å². The smallest absolute Gasteiger partial charge is 0.243 e. The van der Waals surface area contributed by atoms with Gasteiger partial charge in [-0.2, -0.15) is 4.31 Å². The highest BCUT2D eigenvalue weighted by Gasteiger charge is 2.33. The van der Waals surface area contributed by atoms with E-state index in [0.29, 0.717) is 18.9 Å². The zero-order chi connectivity index (χ0) is 21.5. The minimum atomic E-state index is -3.87. The molecule has 158 valence electrons. The Kier molecular flexibility index (Phi) is 5.51. The van der Waals surface area contributed by atoms with Crippen LogP contribution in [-0.2, 0) is 14.8 Å². The molecule has 2 aromatic carbocycles. The number of thiazole rings is 1. The lowest BCUT2D eigenvalue weighted by Crippen LogP contribution is -2.43. The van der Waals surface area contributed by atoms with E-state index in [4.69, 9.17) is 0 Å². The summed E-state index contributed by atoms with van der Waals surface area (Å²) in [6.07, 6.45) is 0.938. The third-order valence-corrected chi connectivity index (χ3v) is 7.65. The van der Waals surface area contributed by atoms with Gasteiger partial charge in [-0.1, -0.05) is 11.3 Å². The van der Waals surface area contributed by atoms with Gasteiger partial charge in [-0.3, -0.25) is 4.79 Å². The van der Waals surface area contributed by atoms with Gasteiger partial charge in [0, 0.05) is 19.2 Å². The second kappa shape index (κ2) is 7.97. The lowest BCUT2D eigenvalue weighted by Gasteiger charge is -2.31. The molecule has 2 heterocycles. The quantitative estimate of drug-likeness (QED) is 0.650. The first-order chi connectivity index (χ1) is 14.2. The molecular weight excluding hydrogens is 439 g/mol. The Balaban J connectivity index is 1.50. The average Bonchev–Trinajstić information content (AvgIpc) is 3.11. The van der Waals surface area contributed by atoms with Gasteiger partial charge in [0.05, 0.1) is 15.5 Å². The molecule has 1 N–H and O–H groups in total. The lowest BCUT2D eigenvalue weighted by atomic mass is 9.99. The number of sulfonamides is 1. The summed E-state index contributed by atoms with van der Waals surface area (Å²) >= 11 is 0.932. The number of carbonyl (C=O) groups excluding carboxylic acids is 1. The van der Waals surface area contributed by atoms with Crippen LogP contribution in [0.15, 0.2) is 41.3 Å². The van der Waals surface area contributed by atoms with Crippen LogP contribution in [0.3, 0.4) is 0 Å². The Labute approximate surface area is 174 Å². The van der Waals surface area contributed by atoms with E-state index in [1.165, 1.54) is 16.4 Å². The Hall–Kier alpha value is -2.50. The van der Waals surface area contributed by atoms with Gasteiger partial charge in [-0.15, -0.1) is 0 Å². The summed E-state index contributed by atoms with van der Waals surface area (Å²) in [5.41, 5.74) is -0.0409. The number of aromatic nitrogens is 1. The molecule has 0 bridgehead atoms. The van der Waals surface area contributed by atoms with Crippen molar-refractivity contribution < 1.29 is 26.4 Å². The Morgan fingerprint density at radius 2 is 1.87 bits per heavy atom. The van der Waals surface area contributed by atoms with E-state index in [0.717, 1.165) is 29.5 Å². The molecule has 4 rings (SSSR count). The molecule has 1 fully saturated rings. The maximum Gasteiger partial charge on any atom is 0.243 e. The van der Waals surface area contributed by atoms with Crippen molar-refractivity contribution >= 4 is 42.6 Å². The van der Waals surface area contributed by atoms with Crippen LogP contribution in [0.4, 0.5) is 18.3 Å². The summed E-state index contributed by atoms with van der Waals surface area (Å²) < 4.78 is 67.3. The SMILES string of the molecule is O=C(Nc1nc2c(F)cc(F)cc2s1)[C@@H]1CCCN(S(=O)(=O)c2ccc(F)cc2)C1. The average molecular weight is 455 g/mol. The van der Waals surface area contributed by atoms with E-state index in [1.807, 2.05) is 0 Å². The number of carbonyl (C=O) groups is 1. The predicted octanol–water partition coefficient (Wildman–Crippen LogP) is 3.75. The minimum absolute atomic E-state index is 0.0409. The van der Waals surface area contributed by atoms with Crippen molar-refractivity contribution in [2.45, 2.75) is 17.7 Å². The number of rotatable bonds is 4. The maximum atomic E-state index is 13.8. The fourth-order valence-electron chi connectivity index (χ4n) is 3.35. The van der Waals surface area contributed by atoms with E-state index in [2.05, 4.69) is 10.3 Å². The summed E-state index contributed by atoms with van der Waals surface area (Å²) in [6, 6.07) is 6.34. The monoisotopic (exact) mass is 455 g/mol. The van der Waals surface area contributed by atoms with E-state index in [9.17, 15) is 26.4 Å². The Bertz CT molecular complexity index is 1210. The highest BCUT2D eigenvalue weighted by atomic mass is 32.2. The molecular formula is C19H16F3N3O3S2. The molecule has 1 atom stereocenters. The van der Waals surface area contributed by atoms with Gasteiger partial charge in [-0.25, -0.2) is 26.6 Å². The zero-order valence-electron chi connectivity index (χ0n) is 15.4. The number of nitrogens with one attached hydrogen (secondary N) is 1. The summed E-state index contributed by atoms with van der Waals surface area (Å²) in [5, 5.41) is 2.68. The fraction of sp³-hybridized carbons (Fsp3) is 0.263. The molecule has 0 spiro atoms. The number of halogens is 3. The highest BCUT2D eigenvalue weighted by molar-refractivity contribution is 7.89. The van der Waals surface area contributed by atoms with E-state index < -0.39 is 39.3 Å². The van der Waals surface area contributed by atoms with Crippen LogP contribution in [-0.4, -0.2) is 36.7 Å². The van der Waals surface area contributed by atoms with Crippen LogP contribution in [0.5, 0.6) is 0 Å². The first kappa shape index (κ1) is 20.8. The van der Waals surface area contributed by atoms with Crippen molar-refractivity contribution in [3.05, 3.63) is 53.8 Å². The number of fused-ring (bicyclic) bond motifs is 1. The lowest BCUT2D eigenvalue weighted by molar-refractivity contribution is -0.120. The standard InChI is InChI=1S/C19H16F3N3O3S2/c20-12-3-5-14(6-4-12)30(27,28)25-7-1-2-11(10-25)18(26)24-19-23-17-15(22)8-13(21)9-16(17)29-19/h3-6,8-9,11H,1-2,7,10H2,(H,23,24,26)/t11-/m1/s1. The van der Waals surface area contributed by atoms with Crippen LogP contribution < -0.4 is 5.32 Å². The van der Waals surface area contributed by atoms with E-state index in [1.54, 1.807) is 0 Å². The van der Waals surface area contributed by atoms with Crippen molar-refractivity contribution in [1.29, 1.82) is 0 Å². The Morgan fingerprint density at radius 1 is 1.13 bits per heavy atom. The van der Waals surface area contributed by atoms with Gasteiger partial charge in [0.1, 0.15) is 17.2 Å². The predicted molar refractivity (Wildman–Crippen MR) is 106 cm³/mol. The van der Waals surface area contributed by atoms with Gasteiger partial charge >= 0.3 is 0 Å². The number of benzene rings is 2. The van der Waals surface area contributed by atoms with Crippen molar-refractivity contribution in [2.24, 2.45) is 5.92 Å². The third kappa shape index (κ3) is 4.05. The van der Waals surface area contributed by atoms with Crippen molar-refractivity contribution in [2.75, 3.05) is 18.4 Å². The summed E-state index contributed by atoms with van der Waals surface area (Å²) in [7, 11) is -3.87. The van der Waals surface area contributed by atoms with Crippen LogP contribution in [0, 0.1) is 23.4 Å². The fourth-order valence-corrected chi connectivity index (χ4v) is 5.78. The van der Waals surface area contributed by atoms with Crippen molar-refractivity contribution in [3.63, 3.8) is 0 Å². The Morgan fingerprint density at radius 3 is 2.60 bits per heavy atom. The number of amides is 1. The molecule has 3 aromatic rings. The molecule has 0 saturated carbocycles. The molecule has 0 radical (unpaired) electrons. The first-order valence-electron chi connectivity index (χ1n) is 9.06. The van der Waals surface area contributed by atoms with Crippen LogP contribution >= 0.6 is 11.3 Å². The summed E-state index contributed by atoms with van der Waals surface area (Å²) in [5.74, 6) is -3.19. The molecule has 1 amide bonds. The number of anilines is 1. The molecule has 0 unspecified atom stereocenters. The van der Waals surface area contributed by atoms with E-state index >= 15 is 0 Å². The minimum Gasteiger partial charge on any atom is -0.302 e. The van der Waals surface area contributed by atoms with Gasteiger partial charge in [0.15, 0.2) is 10.9 Å². The maximum absolute atomic E-state index is 13.8. The third-order valence-electron chi connectivity index (χ3n) is 4.85. The normalized spacial score (nSPS) is 17.9. The van der Waals surface area contributed by atoms with Crippen LogP contribution in [0.2, 0.25) is 0 Å². The zero-order valence-corrected chi connectivity index (χ0v) is 17.1. The first-order valence-corrected chi connectivity index (χ1v) is 11.3. The number of hydrogen-bond acceptors (Lipinski definition) is 5. The molecule has 0 aliphatic carbocycles. The molecule has 6 nitrogen and oxygen atoms in total. The van der Waals surface area contributed by atoms with Gasteiger partial charge in [0.2, 0.25) is 15.9 Å². The molecule has 30 heavy (non-hydrogen) atoms. The molecule has 1 aliphatic rings. The molecule has 11 heteroatoms. The number of nitrogens with zero attached hydrogens (tertiary/aromatic N) is 2. The molecule has 1 aliphatic heterocycles. The van der Waals surface area contributed by atoms with E-state index in [-0.39, 0.29) is 33.3 Å². The largest absolute Gasteiger partial charge is 0.302 e. The number of hydrogen-bond donors (Lipinski definition) is 1. The molecule has 1 saturated heterocycles. The van der Waals surface area contributed by atoms with Gasteiger partial charge < -0.3 is 5.32 Å². The molecule has 1 aromatic heterocycles. The van der Waals surface area contributed by atoms with Crippen LogP contribution in [0.25, 0.3) is 10.2 Å². The number of piperidine rings is 1. The topological polar surface area (TPSA) is 79.4 Å². The highest BCUT2D eigenvalue weighted by Crippen LogP contribution is 2.30. The summed E-state index contributed by atoms with van der Waals surface area (Å²) in [4.78, 5) is 16.6.